The molecule has 0 unspecified atom stereocenters. The number of rotatable bonds is 11. The van der Waals surface area contributed by atoms with Crippen molar-refractivity contribution in [3.05, 3.63) is 57.9 Å². The Labute approximate surface area is 208 Å². The topological polar surface area (TPSA) is 113 Å². The van der Waals surface area contributed by atoms with Crippen molar-refractivity contribution in [1.29, 1.82) is 0 Å². The minimum absolute atomic E-state index is 0.0351. The van der Waals surface area contributed by atoms with E-state index in [1.807, 2.05) is 0 Å². The highest BCUT2D eigenvalue weighted by molar-refractivity contribution is 9.10. The molecule has 0 spiro atoms. The zero-order chi connectivity index (χ0) is 24.7. The molecule has 0 amide bonds. The summed E-state index contributed by atoms with van der Waals surface area (Å²) < 4.78 is 27.8. The number of ether oxygens (including phenoxy) is 4. The van der Waals surface area contributed by atoms with E-state index in [0.717, 1.165) is 11.8 Å². The number of thioether (sulfide) groups is 1. The third-order valence-electron chi connectivity index (χ3n) is 4.31. The maximum Gasteiger partial charge on any atom is 0.342 e. The Hall–Kier alpha value is -3.44. The number of hydrogen-bond donors (Lipinski definition) is 1. The smallest absolute Gasteiger partial charge is 0.342 e. The maximum absolute atomic E-state index is 11.9. The van der Waals surface area contributed by atoms with Gasteiger partial charge in [0, 0.05) is 11.6 Å². The van der Waals surface area contributed by atoms with Crippen LogP contribution in [0.1, 0.15) is 5.56 Å². The molecule has 1 aromatic heterocycles. The van der Waals surface area contributed by atoms with Crippen molar-refractivity contribution < 1.29 is 33.3 Å². The molecule has 0 saturated heterocycles. The zero-order valence-electron chi connectivity index (χ0n) is 18.5. The third-order valence-corrected chi connectivity index (χ3v) is 5.75. The summed E-state index contributed by atoms with van der Waals surface area (Å²) in [7, 11) is 4.56. The molecule has 0 bridgehead atoms. The van der Waals surface area contributed by atoms with Crippen LogP contribution in [-0.4, -0.2) is 49.2 Å². The van der Waals surface area contributed by atoms with Crippen molar-refractivity contribution >= 4 is 39.7 Å². The summed E-state index contributed by atoms with van der Waals surface area (Å²) in [6.45, 7) is 3.92. The molecular formula is C23H21BrN2O7S. The van der Waals surface area contributed by atoms with Crippen LogP contribution in [-0.2, 0) is 4.79 Å². The highest BCUT2D eigenvalue weighted by Crippen LogP contribution is 2.38. The second-order valence-electron chi connectivity index (χ2n) is 6.52. The summed E-state index contributed by atoms with van der Waals surface area (Å²) in [5.74, 6) is 1.05. The van der Waals surface area contributed by atoms with Gasteiger partial charge < -0.3 is 28.5 Å². The van der Waals surface area contributed by atoms with Crippen LogP contribution >= 0.6 is 27.7 Å². The lowest BCUT2D eigenvalue weighted by atomic mass is 10.2. The van der Waals surface area contributed by atoms with Gasteiger partial charge in [0.15, 0.2) is 11.5 Å². The minimum atomic E-state index is -1.16. The first kappa shape index (κ1) is 25.2. The average Bonchev–Trinajstić information content (AvgIpc) is 3.30. The SMILES string of the molecule is C=CCOc1c(Br)cc(/C=C(\Sc2nnc(-c3cc(OC)cc(OC)c3)o2)C(=O)O)cc1OC. The van der Waals surface area contributed by atoms with Crippen molar-refractivity contribution in [2.24, 2.45) is 0 Å². The molecule has 3 rings (SSSR count). The van der Waals surface area contributed by atoms with Crippen LogP contribution < -0.4 is 18.9 Å². The lowest BCUT2D eigenvalue weighted by molar-refractivity contribution is -0.131. The van der Waals surface area contributed by atoms with Crippen molar-refractivity contribution in [2.75, 3.05) is 27.9 Å². The second-order valence-corrected chi connectivity index (χ2v) is 8.37. The Morgan fingerprint density at radius 3 is 2.41 bits per heavy atom. The number of hydrogen-bond acceptors (Lipinski definition) is 9. The Balaban J connectivity index is 1.90. The summed E-state index contributed by atoms with van der Waals surface area (Å²) in [5.41, 5.74) is 1.14. The number of nitrogens with zero attached hydrogens (tertiary/aromatic N) is 2. The van der Waals surface area contributed by atoms with Crippen molar-refractivity contribution in [3.8, 4) is 34.5 Å². The van der Waals surface area contributed by atoms with Gasteiger partial charge in [-0.15, -0.1) is 10.2 Å². The predicted octanol–water partition coefficient (Wildman–Crippen LogP) is 5.31. The Bertz CT molecular complexity index is 1200. The number of halogens is 1. The second kappa shape index (κ2) is 11.6. The average molecular weight is 549 g/mol. The molecule has 0 aliphatic rings. The molecular weight excluding hydrogens is 528 g/mol. The molecule has 2 aromatic carbocycles. The first-order valence-electron chi connectivity index (χ1n) is 9.69. The molecule has 1 heterocycles. The maximum atomic E-state index is 11.9. The Morgan fingerprint density at radius 1 is 1.12 bits per heavy atom. The van der Waals surface area contributed by atoms with E-state index in [4.69, 9.17) is 23.4 Å². The van der Waals surface area contributed by atoms with Crippen LogP contribution in [0.3, 0.4) is 0 Å². The van der Waals surface area contributed by atoms with Crippen LogP contribution in [0.5, 0.6) is 23.0 Å². The van der Waals surface area contributed by atoms with Crippen LogP contribution in [0.4, 0.5) is 0 Å². The molecule has 1 N–H and O–H groups in total. The number of carbonyl (C=O) groups is 1. The first-order chi connectivity index (χ1) is 16.4. The van der Waals surface area contributed by atoms with E-state index < -0.39 is 5.97 Å². The molecule has 9 nitrogen and oxygen atoms in total. The van der Waals surface area contributed by atoms with Crippen molar-refractivity contribution in [1.82, 2.24) is 10.2 Å². The Kier molecular flexibility index (Phi) is 8.61. The monoisotopic (exact) mass is 548 g/mol. The largest absolute Gasteiger partial charge is 0.497 e. The van der Waals surface area contributed by atoms with Gasteiger partial charge in [-0.2, -0.15) is 0 Å². The van der Waals surface area contributed by atoms with E-state index in [0.29, 0.717) is 45.2 Å². The summed E-state index contributed by atoms with van der Waals surface area (Å²) in [5, 5.41) is 17.8. The normalized spacial score (nSPS) is 11.1. The van der Waals surface area contributed by atoms with E-state index in [1.54, 1.807) is 36.4 Å². The van der Waals surface area contributed by atoms with E-state index in [1.165, 1.54) is 27.4 Å². The van der Waals surface area contributed by atoms with Gasteiger partial charge in [0.1, 0.15) is 23.0 Å². The van der Waals surface area contributed by atoms with Gasteiger partial charge >= 0.3 is 5.97 Å². The zero-order valence-corrected chi connectivity index (χ0v) is 20.9. The fourth-order valence-electron chi connectivity index (χ4n) is 2.78. The van der Waals surface area contributed by atoms with E-state index in [-0.39, 0.29) is 16.0 Å². The van der Waals surface area contributed by atoms with Crippen molar-refractivity contribution in [3.63, 3.8) is 0 Å². The molecule has 3 aromatic rings. The molecule has 0 saturated carbocycles. The van der Waals surface area contributed by atoms with Gasteiger partial charge in [0.25, 0.3) is 5.22 Å². The summed E-state index contributed by atoms with van der Waals surface area (Å²) in [6.07, 6.45) is 3.08. The summed E-state index contributed by atoms with van der Waals surface area (Å²) in [4.78, 5) is 11.9. The predicted molar refractivity (Wildman–Crippen MR) is 131 cm³/mol. The van der Waals surface area contributed by atoms with Gasteiger partial charge in [-0.05, 0) is 63.6 Å². The van der Waals surface area contributed by atoms with E-state index in [9.17, 15) is 9.90 Å². The van der Waals surface area contributed by atoms with Crippen LogP contribution in [0, 0.1) is 0 Å². The number of carboxylic acid groups (broad SMARTS) is 1. The van der Waals surface area contributed by atoms with E-state index in [2.05, 4.69) is 32.7 Å². The molecule has 0 aliphatic heterocycles. The molecule has 0 aliphatic carbocycles. The highest BCUT2D eigenvalue weighted by Gasteiger charge is 2.18. The number of carboxylic acids is 1. The number of benzene rings is 2. The quantitative estimate of drug-likeness (QED) is 0.192. The van der Waals surface area contributed by atoms with Crippen LogP contribution in [0.25, 0.3) is 17.5 Å². The first-order valence-corrected chi connectivity index (χ1v) is 11.3. The van der Waals surface area contributed by atoms with Gasteiger partial charge in [0.2, 0.25) is 5.89 Å². The van der Waals surface area contributed by atoms with Gasteiger partial charge in [0.05, 0.1) is 25.8 Å². The van der Waals surface area contributed by atoms with E-state index >= 15 is 0 Å². The number of aromatic nitrogens is 2. The molecule has 11 heteroatoms. The lowest BCUT2D eigenvalue weighted by Crippen LogP contribution is -1.99. The molecule has 0 fully saturated rings. The Morgan fingerprint density at radius 2 is 1.82 bits per heavy atom. The third kappa shape index (κ3) is 6.12. The highest BCUT2D eigenvalue weighted by atomic mass is 79.9. The molecule has 178 valence electrons. The summed E-state index contributed by atoms with van der Waals surface area (Å²) in [6, 6.07) is 8.50. The van der Waals surface area contributed by atoms with Crippen molar-refractivity contribution in [2.45, 2.75) is 5.22 Å². The summed E-state index contributed by atoms with van der Waals surface area (Å²) >= 11 is 4.25. The van der Waals surface area contributed by atoms with Gasteiger partial charge in [-0.25, -0.2) is 4.79 Å². The van der Waals surface area contributed by atoms with Crippen LogP contribution in [0.2, 0.25) is 0 Å². The van der Waals surface area contributed by atoms with Gasteiger partial charge in [-0.1, -0.05) is 12.7 Å². The number of methoxy groups -OCH3 is 3. The molecule has 0 atom stereocenters. The van der Waals surface area contributed by atoms with Crippen LogP contribution in [0.15, 0.2) is 62.0 Å². The fraction of sp³-hybridized carbons (Fsp3) is 0.174. The lowest BCUT2D eigenvalue weighted by Gasteiger charge is -2.12. The van der Waals surface area contributed by atoms with Gasteiger partial charge in [-0.3, -0.25) is 0 Å². The standard InChI is InChI=1S/C23H21BrN2O7S/c1-5-6-32-20-17(24)7-13(8-18(20)31-4)9-19(22(27)28)34-23-26-25-21(33-23)14-10-15(29-2)12-16(11-14)30-3/h5,7-12H,1,6H2,2-4H3,(H,27,28)/b19-9-. The molecule has 0 radical (unpaired) electrons. The number of aliphatic carboxylic acids is 1. The molecule has 34 heavy (non-hydrogen) atoms. The minimum Gasteiger partial charge on any atom is -0.497 e. The fourth-order valence-corrected chi connectivity index (χ4v) is 4.03.